The van der Waals surface area contributed by atoms with Crippen molar-refractivity contribution in [2.24, 2.45) is 0 Å². The standard InChI is InChI=1S/C16H20O4/c1-2-3-9-14(17)10-6-4-5-7-11-15(18)12-8-13-16(19)20/h4-6,10,14-15,17-18H,8-9,12-13H2,1H3,(H,19,20)/p-1/b5-4+,10-6+/t14-,15-/m1/s1. The maximum Gasteiger partial charge on any atom is 0.115 e. The molecule has 20 heavy (non-hydrogen) atoms. The van der Waals surface area contributed by atoms with E-state index in [4.69, 9.17) is 0 Å². The minimum absolute atomic E-state index is 0.0736. The minimum Gasteiger partial charge on any atom is -0.550 e. The highest BCUT2D eigenvalue weighted by molar-refractivity contribution is 5.64. The second kappa shape index (κ2) is 12.0. The first-order valence-corrected chi connectivity index (χ1v) is 6.36. The van der Waals surface area contributed by atoms with Crippen LogP contribution in [0.25, 0.3) is 0 Å². The summed E-state index contributed by atoms with van der Waals surface area (Å²) in [6.07, 6.45) is 5.95. The summed E-state index contributed by atoms with van der Waals surface area (Å²) in [6.45, 7) is 1.71. The molecule has 0 aromatic carbocycles. The molecular weight excluding hydrogens is 256 g/mol. The second-order valence-electron chi connectivity index (χ2n) is 4.01. The van der Waals surface area contributed by atoms with Gasteiger partial charge in [-0.2, -0.15) is 0 Å². The Bertz CT molecular complexity index is 454. The summed E-state index contributed by atoms with van der Waals surface area (Å²) in [7, 11) is 0. The first-order chi connectivity index (χ1) is 9.56. The van der Waals surface area contributed by atoms with Crippen molar-refractivity contribution in [1.29, 1.82) is 0 Å². The van der Waals surface area contributed by atoms with Gasteiger partial charge in [0, 0.05) is 12.4 Å². The Balaban J connectivity index is 3.93. The van der Waals surface area contributed by atoms with Crippen molar-refractivity contribution in [3.63, 3.8) is 0 Å². The molecular formula is C16H19O4-. The number of carboxylic acids is 1. The van der Waals surface area contributed by atoms with Gasteiger partial charge in [-0.15, -0.1) is 11.8 Å². The van der Waals surface area contributed by atoms with Gasteiger partial charge in [-0.3, -0.25) is 0 Å². The number of aliphatic hydroxyl groups is 2. The maximum absolute atomic E-state index is 10.2. The van der Waals surface area contributed by atoms with Crippen LogP contribution in [0.5, 0.6) is 0 Å². The molecule has 0 amide bonds. The summed E-state index contributed by atoms with van der Waals surface area (Å²) >= 11 is 0. The van der Waals surface area contributed by atoms with Gasteiger partial charge in [-0.25, -0.2) is 0 Å². The zero-order chi connectivity index (χ0) is 15.2. The van der Waals surface area contributed by atoms with Gasteiger partial charge in [0.15, 0.2) is 0 Å². The van der Waals surface area contributed by atoms with Crippen LogP contribution in [0.1, 0.15) is 32.6 Å². The molecule has 4 heteroatoms. The van der Waals surface area contributed by atoms with E-state index in [1.54, 1.807) is 25.2 Å². The molecule has 0 fully saturated rings. The minimum atomic E-state index is -1.12. The normalized spacial score (nSPS) is 13.3. The molecule has 0 aliphatic heterocycles. The number of carbonyl (C=O) groups excluding carboxylic acids is 1. The average molecular weight is 275 g/mol. The molecule has 0 aromatic heterocycles. The molecule has 0 heterocycles. The third-order valence-corrected chi connectivity index (χ3v) is 2.22. The largest absolute Gasteiger partial charge is 0.550 e. The number of aliphatic hydroxyl groups excluding tert-OH is 2. The molecule has 0 bridgehead atoms. The van der Waals surface area contributed by atoms with E-state index in [-0.39, 0.29) is 6.42 Å². The van der Waals surface area contributed by atoms with Crippen LogP contribution >= 0.6 is 0 Å². The van der Waals surface area contributed by atoms with Crippen LogP contribution in [-0.2, 0) is 4.79 Å². The van der Waals surface area contributed by atoms with Crippen molar-refractivity contribution in [2.45, 2.75) is 44.8 Å². The Hall–Kier alpha value is -2.01. The fraction of sp³-hybridized carbons (Fsp3) is 0.438. The topological polar surface area (TPSA) is 80.6 Å². The van der Waals surface area contributed by atoms with Crippen LogP contribution in [0, 0.1) is 23.7 Å². The Morgan fingerprint density at radius 3 is 2.75 bits per heavy atom. The molecule has 0 radical (unpaired) electrons. The zero-order valence-corrected chi connectivity index (χ0v) is 11.5. The predicted molar refractivity (Wildman–Crippen MR) is 75.0 cm³/mol. The van der Waals surface area contributed by atoms with Crippen molar-refractivity contribution in [2.75, 3.05) is 0 Å². The van der Waals surface area contributed by atoms with Crippen LogP contribution in [0.15, 0.2) is 24.3 Å². The van der Waals surface area contributed by atoms with Crippen molar-refractivity contribution in [1.82, 2.24) is 0 Å². The monoisotopic (exact) mass is 275 g/mol. The zero-order valence-electron chi connectivity index (χ0n) is 11.5. The Morgan fingerprint density at radius 2 is 2.10 bits per heavy atom. The van der Waals surface area contributed by atoms with E-state index in [1.807, 2.05) is 0 Å². The molecule has 2 atom stereocenters. The summed E-state index contributed by atoms with van der Waals surface area (Å²) in [4.78, 5) is 10.2. The number of carbonyl (C=O) groups is 1. The summed E-state index contributed by atoms with van der Waals surface area (Å²) in [5, 5.41) is 29.0. The molecule has 0 saturated carbocycles. The first kappa shape index (κ1) is 18.0. The maximum atomic E-state index is 10.2. The molecule has 0 rings (SSSR count). The number of hydrogen-bond donors (Lipinski definition) is 2. The molecule has 108 valence electrons. The smallest absolute Gasteiger partial charge is 0.115 e. The molecule has 2 N–H and O–H groups in total. The molecule has 0 spiro atoms. The SMILES string of the molecule is CC#CC[C@@H](O)/C=C/C=C/C#C[C@@H](O)CCCC(=O)[O-]. The van der Waals surface area contributed by atoms with E-state index in [1.165, 1.54) is 6.08 Å². The summed E-state index contributed by atoms with van der Waals surface area (Å²) in [5.41, 5.74) is 0. The van der Waals surface area contributed by atoms with Gasteiger partial charge < -0.3 is 20.1 Å². The highest BCUT2D eigenvalue weighted by Crippen LogP contribution is 1.99. The molecule has 0 unspecified atom stereocenters. The Kier molecular flexibility index (Phi) is 10.8. The van der Waals surface area contributed by atoms with E-state index in [0.29, 0.717) is 19.3 Å². The number of hydrogen-bond acceptors (Lipinski definition) is 4. The molecule has 0 saturated heterocycles. The van der Waals surface area contributed by atoms with E-state index in [2.05, 4.69) is 23.7 Å². The van der Waals surface area contributed by atoms with Crippen molar-refractivity contribution < 1.29 is 20.1 Å². The van der Waals surface area contributed by atoms with Gasteiger partial charge in [0.05, 0.1) is 6.10 Å². The van der Waals surface area contributed by atoms with Gasteiger partial charge in [0.1, 0.15) is 6.10 Å². The van der Waals surface area contributed by atoms with Crippen LogP contribution < -0.4 is 5.11 Å². The lowest BCUT2D eigenvalue weighted by Gasteiger charge is -2.03. The highest BCUT2D eigenvalue weighted by Gasteiger charge is 1.97. The van der Waals surface area contributed by atoms with Gasteiger partial charge in [-0.1, -0.05) is 30.1 Å². The third-order valence-electron chi connectivity index (χ3n) is 2.22. The third kappa shape index (κ3) is 12.4. The van der Waals surface area contributed by atoms with Crippen LogP contribution in [0.2, 0.25) is 0 Å². The van der Waals surface area contributed by atoms with Crippen LogP contribution in [0.4, 0.5) is 0 Å². The van der Waals surface area contributed by atoms with Gasteiger partial charge >= 0.3 is 0 Å². The number of rotatable bonds is 7. The second-order valence-corrected chi connectivity index (χ2v) is 4.01. The van der Waals surface area contributed by atoms with E-state index in [0.717, 1.165) is 0 Å². The first-order valence-electron chi connectivity index (χ1n) is 6.36. The lowest BCUT2D eigenvalue weighted by atomic mass is 10.1. The number of allylic oxidation sites excluding steroid dienone is 3. The Morgan fingerprint density at radius 1 is 1.35 bits per heavy atom. The summed E-state index contributed by atoms with van der Waals surface area (Å²) in [6, 6.07) is 0. The fourth-order valence-electron chi connectivity index (χ4n) is 1.23. The van der Waals surface area contributed by atoms with Crippen LogP contribution in [-0.4, -0.2) is 28.4 Å². The van der Waals surface area contributed by atoms with E-state index < -0.39 is 18.2 Å². The Labute approximate surface area is 119 Å². The van der Waals surface area contributed by atoms with E-state index in [9.17, 15) is 20.1 Å². The molecule has 0 aliphatic rings. The lowest BCUT2D eigenvalue weighted by Crippen LogP contribution is -2.22. The van der Waals surface area contributed by atoms with Crippen LogP contribution in [0.3, 0.4) is 0 Å². The summed E-state index contributed by atoms with van der Waals surface area (Å²) < 4.78 is 0. The lowest BCUT2D eigenvalue weighted by molar-refractivity contribution is -0.305. The van der Waals surface area contributed by atoms with Crippen molar-refractivity contribution >= 4 is 5.97 Å². The number of carboxylic acid groups (broad SMARTS) is 1. The van der Waals surface area contributed by atoms with Gasteiger partial charge in [0.2, 0.25) is 0 Å². The van der Waals surface area contributed by atoms with Crippen molar-refractivity contribution in [3.05, 3.63) is 24.3 Å². The number of aliphatic carboxylic acids is 1. The van der Waals surface area contributed by atoms with Gasteiger partial charge in [-0.05, 0) is 32.3 Å². The fourth-order valence-corrected chi connectivity index (χ4v) is 1.23. The summed E-state index contributed by atoms with van der Waals surface area (Å²) in [5.74, 6) is 9.53. The predicted octanol–water partition coefficient (Wildman–Crippen LogP) is 0.158. The molecule has 0 aromatic rings. The van der Waals surface area contributed by atoms with E-state index >= 15 is 0 Å². The highest BCUT2D eigenvalue weighted by atomic mass is 16.4. The molecule has 4 nitrogen and oxygen atoms in total. The van der Waals surface area contributed by atoms with Gasteiger partial charge in [0.25, 0.3) is 0 Å². The average Bonchev–Trinajstić information content (AvgIpc) is 2.39. The quantitative estimate of drug-likeness (QED) is 0.512. The van der Waals surface area contributed by atoms with Crippen molar-refractivity contribution in [3.8, 4) is 23.7 Å². The molecule has 0 aliphatic carbocycles.